The number of methoxy groups -OCH3 is 1. The lowest BCUT2D eigenvalue weighted by molar-refractivity contribution is -0.125. The summed E-state index contributed by atoms with van der Waals surface area (Å²) in [5.74, 6) is -7.51. The number of imide groups is 2. The molecule has 240 valence electrons. The zero-order valence-electron chi connectivity index (χ0n) is 25.1. The molecule has 0 radical (unpaired) electrons. The number of halogens is 3. The topological polar surface area (TPSA) is 121 Å². The van der Waals surface area contributed by atoms with Gasteiger partial charge in [0.25, 0.3) is 11.8 Å². The number of phenols is 1. The predicted octanol–water partition coefficient (Wildman–Crippen LogP) is 5.51. The third kappa shape index (κ3) is 4.17. The minimum atomic E-state index is -2.23. The highest BCUT2D eigenvalue weighted by molar-refractivity contribution is 6.58. The van der Waals surface area contributed by atoms with Crippen LogP contribution in [0, 0.1) is 23.6 Å². The molecule has 4 amide bonds. The first-order chi connectivity index (χ1) is 22.3. The highest BCUT2D eigenvalue weighted by Crippen LogP contribution is 2.67. The molecule has 6 unspecified atom stereocenters. The minimum Gasteiger partial charge on any atom is -0.508 e. The summed E-state index contributed by atoms with van der Waals surface area (Å²) in [6, 6.07) is 15.3. The van der Waals surface area contributed by atoms with Gasteiger partial charge in [-0.3, -0.25) is 28.9 Å². The molecule has 6 atom stereocenters. The van der Waals surface area contributed by atoms with E-state index < -0.39 is 62.9 Å². The second-order valence-electron chi connectivity index (χ2n) is 12.3. The Kier molecular flexibility index (Phi) is 7.11. The number of hydrogen-bond donors (Lipinski definition) is 1. The van der Waals surface area contributed by atoms with E-state index >= 15 is 0 Å². The van der Waals surface area contributed by atoms with Gasteiger partial charge in [-0.25, -0.2) is 9.29 Å². The Balaban J connectivity index is 1.40. The summed E-state index contributed by atoms with van der Waals surface area (Å²) in [5.41, 5.74) is 1.31. The Labute approximate surface area is 278 Å². The molecule has 0 spiro atoms. The number of benzene rings is 3. The van der Waals surface area contributed by atoms with Crippen LogP contribution >= 0.6 is 23.2 Å². The molecular weight excluding hydrogens is 650 g/mol. The third-order valence-corrected chi connectivity index (χ3v) is 11.4. The summed E-state index contributed by atoms with van der Waals surface area (Å²) < 4.78 is 19.5. The highest BCUT2D eigenvalue weighted by atomic mass is 35.5. The number of ketones is 1. The van der Waals surface area contributed by atoms with Gasteiger partial charge in [0.2, 0.25) is 11.8 Å². The van der Waals surface area contributed by atoms with Crippen LogP contribution in [0.2, 0.25) is 0 Å². The molecule has 47 heavy (non-hydrogen) atoms. The number of allylic oxidation sites excluding steroid dienone is 2. The maximum Gasteiger partial charge on any atom is 0.258 e. The lowest BCUT2D eigenvalue weighted by atomic mass is 9.56. The molecule has 2 saturated heterocycles. The second-order valence-corrected chi connectivity index (χ2v) is 13.5. The largest absolute Gasteiger partial charge is 0.508 e. The number of ether oxygens (including phenoxy) is 1. The molecule has 4 aliphatic rings. The van der Waals surface area contributed by atoms with Crippen molar-refractivity contribution in [1.82, 2.24) is 0 Å². The van der Waals surface area contributed by atoms with Crippen LogP contribution in [-0.4, -0.2) is 51.4 Å². The van der Waals surface area contributed by atoms with Gasteiger partial charge in [-0.1, -0.05) is 17.7 Å². The van der Waals surface area contributed by atoms with Crippen molar-refractivity contribution >= 4 is 64.0 Å². The zero-order valence-corrected chi connectivity index (χ0v) is 26.6. The lowest BCUT2D eigenvalue weighted by Crippen LogP contribution is -2.60. The Hall–Kier alpha value is -4.54. The molecule has 0 aromatic heterocycles. The quantitative estimate of drug-likeness (QED) is 0.164. The Morgan fingerprint density at radius 2 is 1.53 bits per heavy atom. The molecule has 2 aliphatic heterocycles. The van der Waals surface area contributed by atoms with Crippen LogP contribution in [-0.2, 0) is 19.2 Å². The molecule has 7 rings (SSSR count). The standard InChI is InChI=1S/C35H27Cl2FN2O7/c1-17(41)18-6-10-20(11-7-18)39-30(43)23-15-14-22-24(27(23)31(39)44)16-34(36)32(45)40(21-12-8-19(38)9-13-21)33(46)35(34,37)29(22)28-25(42)4-3-5-26(28)47-2/h3-14,23-24,27,29,42H,15-16H2,1-2H3. The first kappa shape index (κ1) is 31.1. The molecule has 3 aromatic carbocycles. The maximum absolute atomic E-state index is 14.5. The molecule has 2 heterocycles. The number of Topliss-reactive ketones (excluding diaryl/α,β-unsaturated/α-hetero) is 1. The van der Waals surface area contributed by atoms with E-state index in [0.717, 1.165) is 21.9 Å². The van der Waals surface area contributed by atoms with Gasteiger partial charge in [0.15, 0.2) is 15.5 Å². The van der Waals surface area contributed by atoms with E-state index in [4.69, 9.17) is 27.9 Å². The number of amides is 4. The molecule has 3 fully saturated rings. The average Bonchev–Trinajstić information content (AvgIpc) is 3.39. The maximum atomic E-state index is 14.5. The van der Waals surface area contributed by atoms with E-state index in [-0.39, 0.29) is 47.1 Å². The smallest absolute Gasteiger partial charge is 0.258 e. The van der Waals surface area contributed by atoms with Gasteiger partial charge in [0.1, 0.15) is 17.3 Å². The van der Waals surface area contributed by atoms with Crippen LogP contribution < -0.4 is 14.5 Å². The first-order valence-electron chi connectivity index (χ1n) is 14.9. The number of fused-ring (bicyclic) bond motifs is 4. The molecule has 9 nitrogen and oxygen atoms in total. The predicted molar refractivity (Wildman–Crippen MR) is 170 cm³/mol. The summed E-state index contributed by atoms with van der Waals surface area (Å²) in [4.78, 5) is 66.3. The van der Waals surface area contributed by atoms with Gasteiger partial charge in [-0.15, -0.1) is 23.2 Å². The number of nitrogens with zero attached hydrogens (tertiary/aromatic N) is 2. The molecule has 2 aliphatic carbocycles. The molecule has 1 N–H and O–H groups in total. The fraction of sp³-hybridized carbons (Fsp3) is 0.286. The van der Waals surface area contributed by atoms with Crippen molar-refractivity contribution in [1.29, 1.82) is 0 Å². The van der Waals surface area contributed by atoms with E-state index in [1.54, 1.807) is 18.2 Å². The molecule has 12 heteroatoms. The van der Waals surface area contributed by atoms with Gasteiger partial charge < -0.3 is 9.84 Å². The van der Waals surface area contributed by atoms with Crippen molar-refractivity contribution in [3.63, 3.8) is 0 Å². The van der Waals surface area contributed by atoms with Crippen LogP contribution in [0.3, 0.4) is 0 Å². The zero-order chi connectivity index (χ0) is 33.6. The number of hydrogen-bond acceptors (Lipinski definition) is 7. The minimum absolute atomic E-state index is 0.0426. The summed E-state index contributed by atoms with van der Waals surface area (Å²) >= 11 is 14.7. The van der Waals surface area contributed by atoms with Crippen molar-refractivity contribution < 1.29 is 38.2 Å². The number of aromatic hydroxyl groups is 1. The van der Waals surface area contributed by atoms with E-state index in [1.165, 1.54) is 56.5 Å². The van der Waals surface area contributed by atoms with Gasteiger partial charge >= 0.3 is 0 Å². The summed E-state index contributed by atoms with van der Waals surface area (Å²) in [6.45, 7) is 1.41. The molecule has 0 bridgehead atoms. The van der Waals surface area contributed by atoms with Crippen LogP contribution in [0.15, 0.2) is 78.4 Å². The number of rotatable bonds is 5. The van der Waals surface area contributed by atoms with Crippen molar-refractivity contribution in [2.75, 3.05) is 16.9 Å². The van der Waals surface area contributed by atoms with Gasteiger partial charge in [0, 0.05) is 17.0 Å². The highest BCUT2D eigenvalue weighted by Gasteiger charge is 2.77. The summed E-state index contributed by atoms with van der Waals surface area (Å²) in [5, 5.41) is 11.3. The van der Waals surface area contributed by atoms with E-state index in [9.17, 15) is 33.5 Å². The van der Waals surface area contributed by atoms with Gasteiger partial charge in [-0.2, -0.15) is 0 Å². The van der Waals surface area contributed by atoms with Crippen LogP contribution in [0.25, 0.3) is 0 Å². The van der Waals surface area contributed by atoms with Crippen LogP contribution in [0.5, 0.6) is 11.5 Å². The van der Waals surface area contributed by atoms with E-state index in [2.05, 4.69) is 0 Å². The SMILES string of the molecule is COc1cccc(O)c1C1C2=CCC3C(=O)N(c4ccc(C(C)=O)cc4)C(=O)C3C2CC2(Cl)C(=O)N(c3ccc(F)cc3)C(=O)C12Cl. The van der Waals surface area contributed by atoms with Gasteiger partial charge in [0.05, 0.1) is 30.3 Å². The normalized spacial score (nSPS) is 29.8. The number of alkyl halides is 2. The Morgan fingerprint density at radius 3 is 2.17 bits per heavy atom. The monoisotopic (exact) mass is 676 g/mol. The third-order valence-electron chi connectivity index (χ3n) is 9.98. The van der Waals surface area contributed by atoms with Crippen LogP contribution in [0.1, 0.15) is 41.6 Å². The van der Waals surface area contributed by atoms with Crippen molar-refractivity contribution in [2.24, 2.45) is 17.8 Å². The number of carbonyl (C=O) groups excluding carboxylic acids is 5. The van der Waals surface area contributed by atoms with Crippen LogP contribution in [0.4, 0.5) is 15.8 Å². The fourth-order valence-electron chi connectivity index (χ4n) is 7.82. The fourth-order valence-corrected chi connectivity index (χ4v) is 8.73. The first-order valence-corrected chi connectivity index (χ1v) is 15.7. The number of phenolic OH excluding ortho intramolecular Hbond substituents is 1. The average molecular weight is 678 g/mol. The second kappa shape index (κ2) is 10.7. The molecular formula is C35H27Cl2FN2O7. The Morgan fingerprint density at radius 1 is 0.894 bits per heavy atom. The summed E-state index contributed by atoms with van der Waals surface area (Å²) in [7, 11) is 1.37. The lowest BCUT2D eigenvalue weighted by Gasteiger charge is -2.50. The Bertz CT molecular complexity index is 1930. The van der Waals surface area contributed by atoms with Crippen molar-refractivity contribution in [3.05, 3.63) is 95.3 Å². The molecule has 3 aromatic rings. The van der Waals surface area contributed by atoms with Gasteiger partial charge in [-0.05, 0) is 86.3 Å². The van der Waals surface area contributed by atoms with E-state index in [0.29, 0.717) is 11.1 Å². The van der Waals surface area contributed by atoms with Crippen molar-refractivity contribution in [3.8, 4) is 11.5 Å². The summed E-state index contributed by atoms with van der Waals surface area (Å²) in [6.07, 6.45) is 1.58. The molecule has 1 saturated carbocycles. The van der Waals surface area contributed by atoms with E-state index in [1.807, 2.05) is 0 Å². The van der Waals surface area contributed by atoms with Crippen molar-refractivity contribution in [2.45, 2.75) is 35.4 Å². The number of anilines is 2. The number of carbonyl (C=O) groups is 5.